The Morgan fingerprint density at radius 3 is 1.65 bits per heavy atom. The summed E-state index contributed by atoms with van der Waals surface area (Å²) in [5.41, 5.74) is 1.91. The molecule has 4 nitrogen and oxygen atoms in total. The van der Waals surface area contributed by atoms with Crippen molar-refractivity contribution in [1.29, 1.82) is 0 Å². The smallest absolute Gasteiger partial charge is 0.199 e. The molecule has 0 heterocycles. The number of hydrogen-bond acceptors (Lipinski definition) is 4. The second-order valence-corrected chi connectivity index (χ2v) is 9.19. The van der Waals surface area contributed by atoms with Crippen LogP contribution in [0, 0.1) is 13.8 Å². The summed E-state index contributed by atoms with van der Waals surface area (Å²) in [5, 5.41) is 0.948. The van der Waals surface area contributed by atoms with Crippen LogP contribution < -0.4 is 0 Å². The molecule has 6 heteroatoms. The summed E-state index contributed by atoms with van der Waals surface area (Å²) in [4.78, 5) is 0.326. The van der Waals surface area contributed by atoms with E-state index in [9.17, 15) is 16.8 Å². The van der Waals surface area contributed by atoms with E-state index in [1.54, 1.807) is 24.3 Å². The maximum absolute atomic E-state index is 12.2. The first kappa shape index (κ1) is 17.4. The van der Waals surface area contributed by atoms with Crippen molar-refractivity contribution >= 4 is 19.7 Å². The molecule has 0 aromatic heterocycles. The predicted octanol–water partition coefficient (Wildman–Crippen LogP) is 3.06. The summed E-state index contributed by atoms with van der Waals surface area (Å²) in [7, 11) is -7.17. The van der Waals surface area contributed by atoms with Crippen LogP contribution in [0.25, 0.3) is 0 Å². The first-order valence-electron chi connectivity index (χ1n) is 6.98. The summed E-state index contributed by atoms with van der Waals surface area (Å²) in [6.45, 7) is 3.73. The topological polar surface area (TPSA) is 68.3 Å². The molecular weight excluding hydrogens is 332 g/mol. The van der Waals surface area contributed by atoms with E-state index in [4.69, 9.17) is 0 Å². The van der Waals surface area contributed by atoms with Crippen molar-refractivity contribution in [3.05, 3.63) is 71.1 Å². The van der Waals surface area contributed by atoms with Crippen LogP contribution in [-0.4, -0.2) is 22.6 Å². The van der Waals surface area contributed by atoms with Crippen molar-refractivity contribution in [1.82, 2.24) is 0 Å². The van der Waals surface area contributed by atoms with E-state index in [1.807, 2.05) is 13.8 Å². The molecule has 0 bridgehead atoms. The van der Waals surface area contributed by atoms with Crippen LogP contribution in [0.2, 0.25) is 0 Å². The number of sulfone groups is 2. The highest BCUT2D eigenvalue weighted by atomic mass is 32.2. The Bertz CT molecular complexity index is 906. The molecule has 0 spiro atoms. The summed E-state index contributed by atoms with van der Waals surface area (Å²) < 4.78 is 48.6. The van der Waals surface area contributed by atoms with Gasteiger partial charge in [-0.15, -0.1) is 0 Å². The van der Waals surface area contributed by atoms with E-state index < -0.39 is 19.7 Å². The molecule has 0 radical (unpaired) electrons. The third kappa shape index (κ3) is 4.53. The molecule has 0 unspecified atom stereocenters. The highest BCUT2D eigenvalue weighted by molar-refractivity contribution is 7.94. The molecule has 0 aliphatic rings. The second kappa shape index (κ2) is 6.68. The summed E-state index contributed by atoms with van der Waals surface area (Å²) in [6, 6.07) is 12.9. The molecule has 0 saturated carbocycles. The lowest BCUT2D eigenvalue weighted by atomic mass is 10.2. The number of rotatable bonds is 5. The molecule has 0 aliphatic carbocycles. The summed E-state index contributed by atoms with van der Waals surface area (Å²) >= 11 is 0. The van der Waals surface area contributed by atoms with Gasteiger partial charge in [0.15, 0.2) is 19.7 Å². The van der Waals surface area contributed by atoms with Gasteiger partial charge in [-0.3, -0.25) is 0 Å². The Morgan fingerprint density at radius 2 is 1.17 bits per heavy atom. The standard InChI is InChI=1S/C17H18O4S2/c1-14-4-8-16(9-5-14)22(18,19)12-3-13-23(20,21)17-10-6-15(2)7-11-17/h3-12H,13H2,1-2H3/b12-3+. The fraction of sp³-hybridized carbons (Fsp3) is 0.176. The molecule has 0 atom stereocenters. The van der Waals surface area contributed by atoms with E-state index in [2.05, 4.69) is 0 Å². The molecule has 2 rings (SSSR count). The molecule has 0 amide bonds. The zero-order valence-corrected chi connectivity index (χ0v) is 14.6. The Hall–Kier alpha value is -1.92. The minimum absolute atomic E-state index is 0.145. The van der Waals surface area contributed by atoms with Gasteiger partial charge in [0.2, 0.25) is 0 Å². The van der Waals surface area contributed by atoms with Crippen molar-refractivity contribution in [2.75, 3.05) is 5.75 Å². The van der Waals surface area contributed by atoms with Crippen LogP contribution in [-0.2, 0) is 19.7 Å². The van der Waals surface area contributed by atoms with Crippen molar-refractivity contribution < 1.29 is 16.8 Å². The van der Waals surface area contributed by atoms with Gasteiger partial charge in [-0.1, -0.05) is 41.5 Å². The Labute approximate surface area is 137 Å². The average molecular weight is 350 g/mol. The Balaban J connectivity index is 2.17. The van der Waals surface area contributed by atoms with E-state index in [1.165, 1.54) is 30.3 Å². The maximum atomic E-state index is 12.2. The van der Waals surface area contributed by atoms with Crippen molar-refractivity contribution in [2.45, 2.75) is 23.6 Å². The van der Waals surface area contributed by atoms with Crippen LogP contribution in [0.4, 0.5) is 0 Å². The van der Waals surface area contributed by atoms with Crippen LogP contribution in [0.3, 0.4) is 0 Å². The molecule has 0 saturated heterocycles. The van der Waals surface area contributed by atoms with Gasteiger partial charge in [0.05, 0.1) is 15.5 Å². The van der Waals surface area contributed by atoms with Gasteiger partial charge in [-0.05, 0) is 38.1 Å². The maximum Gasteiger partial charge on any atom is 0.199 e. The lowest BCUT2D eigenvalue weighted by Gasteiger charge is -2.02. The van der Waals surface area contributed by atoms with Gasteiger partial charge >= 0.3 is 0 Å². The van der Waals surface area contributed by atoms with Crippen molar-refractivity contribution in [2.24, 2.45) is 0 Å². The van der Waals surface area contributed by atoms with Crippen LogP contribution in [0.5, 0.6) is 0 Å². The SMILES string of the molecule is Cc1ccc(S(=O)(=O)/C=C/CS(=O)(=O)c2ccc(C)cc2)cc1. The molecular formula is C17H18O4S2. The molecule has 2 aromatic carbocycles. The van der Waals surface area contributed by atoms with E-state index in [0.717, 1.165) is 16.5 Å². The van der Waals surface area contributed by atoms with Gasteiger partial charge in [0.1, 0.15) is 0 Å². The predicted molar refractivity (Wildman–Crippen MR) is 90.7 cm³/mol. The minimum Gasteiger partial charge on any atom is -0.223 e. The fourth-order valence-corrected chi connectivity index (χ4v) is 4.18. The molecule has 0 fully saturated rings. The lowest BCUT2D eigenvalue weighted by Crippen LogP contribution is -2.05. The number of aryl methyl sites for hydroxylation is 2. The fourth-order valence-electron chi connectivity index (χ4n) is 1.94. The first-order valence-corrected chi connectivity index (χ1v) is 10.2. The highest BCUT2D eigenvalue weighted by Crippen LogP contribution is 2.15. The first-order chi connectivity index (χ1) is 10.7. The lowest BCUT2D eigenvalue weighted by molar-refractivity contribution is 0.599. The van der Waals surface area contributed by atoms with Crippen LogP contribution in [0.15, 0.2) is 69.8 Å². The summed E-state index contributed by atoms with van der Waals surface area (Å²) in [6.07, 6.45) is 1.17. The number of benzene rings is 2. The number of hydrogen-bond donors (Lipinski definition) is 0. The molecule has 122 valence electrons. The zero-order valence-electron chi connectivity index (χ0n) is 12.9. The normalized spacial score (nSPS) is 12.6. The molecule has 0 aliphatic heterocycles. The van der Waals surface area contributed by atoms with E-state index in [0.29, 0.717) is 0 Å². The average Bonchev–Trinajstić information content (AvgIpc) is 2.47. The molecule has 0 N–H and O–H groups in total. The monoisotopic (exact) mass is 350 g/mol. The van der Waals surface area contributed by atoms with Crippen LogP contribution >= 0.6 is 0 Å². The van der Waals surface area contributed by atoms with E-state index in [-0.39, 0.29) is 15.5 Å². The van der Waals surface area contributed by atoms with Crippen molar-refractivity contribution in [3.8, 4) is 0 Å². The van der Waals surface area contributed by atoms with E-state index >= 15 is 0 Å². The van der Waals surface area contributed by atoms with Gasteiger partial charge < -0.3 is 0 Å². The van der Waals surface area contributed by atoms with Gasteiger partial charge in [0, 0.05) is 5.41 Å². The largest absolute Gasteiger partial charge is 0.223 e. The highest BCUT2D eigenvalue weighted by Gasteiger charge is 2.14. The van der Waals surface area contributed by atoms with Crippen molar-refractivity contribution in [3.63, 3.8) is 0 Å². The van der Waals surface area contributed by atoms with Crippen LogP contribution in [0.1, 0.15) is 11.1 Å². The Morgan fingerprint density at radius 1 is 0.739 bits per heavy atom. The van der Waals surface area contributed by atoms with Gasteiger partial charge in [0.25, 0.3) is 0 Å². The second-order valence-electron chi connectivity index (χ2n) is 5.32. The third-order valence-corrected chi connectivity index (χ3v) is 6.42. The minimum atomic E-state index is -3.63. The van der Waals surface area contributed by atoms with Gasteiger partial charge in [-0.2, -0.15) is 0 Å². The Kier molecular flexibility index (Phi) is 5.06. The quantitative estimate of drug-likeness (QED) is 0.831. The summed E-state index contributed by atoms with van der Waals surface area (Å²) in [5.74, 6) is -0.360. The third-order valence-electron chi connectivity index (χ3n) is 3.32. The molecule has 2 aromatic rings. The molecule has 23 heavy (non-hydrogen) atoms. The van der Waals surface area contributed by atoms with Gasteiger partial charge in [-0.25, -0.2) is 16.8 Å². The zero-order chi connectivity index (χ0) is 17.1.